The summed E-state index contributed by atoms with van der Waals surface area (Å²) in [5, 5.41) is 0. The normalized spacial score (nSPS) is 29.1. The van der Waals surface area contributed by atoms with Crippen molar-refractivity contribution in [2.75, 3.05) is 6.61 Å². The van der Waals surface area contributed by atoms with Crippen molar-refractivity contribution < 1.29 is 4.74 Å². The maximum absolute atomic E-state index is 5.80. The fourth-order valence-corrected chi connectivity index (χ4v) is 2.04. The molecule has 16 heavy (non-hydrogen) atoms. The summed E-state index contributed by atoms with van der Waals surface area (Å²) < 4.78 is 5.80. The van der Waals surface area contributed by atoms with Gasteiger partial charge in [0.1, 0.15) is 0 Å². The monoisotopic (exact) mass is 216 g/mol. The first kappa shape index (κ1) is 12.8. The molecule has 0 amide bonds. The molecule has 1 rings (SSSR count). The Morgan fingerprint density at radius 2 is 2.50 bits per heavy atom. The van der Waals surface area contributed by atoms with Crippen LogP contribution in [0.15, 0.2) is 36.5 Å². The Hall–Kier alpha value is -1.26. The molecule has 0 N–H and O–H groups in total. The summed E-state index contributed by atoms with van der Waals surface area (Å²) in [5.41, 5.74) is 1.75. The van der Waals surface area contributed by atoms with Gasteiger partial charge in [0.05, 0.1) is 6.61 Å². The molecular formula is C15H20O. The third-order valence-corrected chi connectivity index (χ3v) is 3.26. The van der Waals surface area contributed by atoms with E-state index < -0.39 is 5.60 Å². The lowest BCUT2D eigenvalue weighted by atomic mass is 9.76. The van der Waals surface area contributed by atoms with E-state index >= 15 is 0 Å². The molecular weight excluding hydrogens is 196 g/mol. The van der Waals surface area contributed by atoms with Crippen LogP contribution in [-0.4, -0.2) is 12.2 Å². The second-order valence-corrected chi connectivity index (χ2v) is 4.44. The van der Waals surface area contributed by atoms with Crippen LogP contribution >= 0.6 is 0 Å². The second kappa shape index (κ2) is 5.18. The average molecular weight is 216 g/mol. The van der Waals surface area contributed by atoms with Crippen molar-refractivity contribution in [3.05, 3.63) is 36.5 Å². The van der Waals surface area contributed by atoms with Gasteiger partial charge in [-0.2, -0.15) is 0 Å². The van der Waals surface area contributed by atoms with Crippen LogP contribution in [0, 0.1) is 18.3 Å². The van der Waals surface area contributed by atoms with Crippen LogP contribution in [0.1, 0.15) is 26.7 Å². The Morgan fingerprint density at radius 3 is 3.00 bits per heavy atom. The van der Waals surface area contributed by atoms with Crippen LogP contribution in [0.4, 0.5) is 0 Å². The third-order valence-electron chi connectivity index (χ3n) is 3.26. The number of ether oxygens (including phenoxy) is 1. The Morgan fingerprint density at radius 1 is 1.81 bits per heavy atom. The molecule has 1 nitrogen and oxygen atoms in total. The van der Waals surface area contributed by atoms with Gasteiger partial charge in [-0.3, -0.25) is 0 Å². The minimum Gasteiger partial charge on any atom is -0.354 e. The van der Waals surface area contributed by atoms with Gasteiger partial charge < -0.3 is 4.74 Å². The second-order valence-electron chi connectivity index (χ2n) is 4.44. The van der Waals surface area contributed by atoms with Gasteiger partial charge in [-0.15, -0.1) is 13.0 Å². The molecule has 0 heterocycles. The Balaban J connectivity index is 2.94. The molecule has 1 unspecified atom stereocenters. The van der Waals surface area contributed by atoms with Gasteiger partial charge in [-0.05, 0) is 38.2 Å². The van der Waals surface area contributed by atoms with E-state index in [9.17, 15) is 0 Å². The minimum atomic E-state index is -0.559. The highest BCUT2D eigenvalue weighted by molar-refractivity contribution is 5.32. The molecule has 0 spiro atoms. The van der Waals surface area contributed by atoms with Gasteiger partial charge in [0.2, 0.25) is 0 Å². The zero-order chi connectivity index (χ0) is 12.2. The zero-order valence-electron chi connectivity index (χ0n) is 10.3. The number of hydrogen-bond donors (Lipinski definition) is 0. The van der Waals surface area contributed by atoms with E-state index in [1.165, 1.54) is 5.57 Å². The van der Waals surface area contributed by atoms with E-state index in [2.05, 4.69) is 25.2 Å². The van der Waals surface area contributed by atoms with Crippen molar-refractivity contribution in [3.63, 3.8) is 0 Å². The fourth-order valence-electron chi connectivity index (χ4n) is 2.04. The lowest BCUT2D eigenvalue weighted by Crippen LogP contribution is -2.37. The van der Waals surface area contributed by atoms with Crippen LogP contribution in [0.2, 0.25) is 0 Å². The third kappa shape index (κ3) is 2.46. The number of hydrogen-bond acceptors (Lipinski definition) is 1. The van der Waals surface area contributed by atoms with E-state index in [-0.39, 0.29) is 0 Å². The molecule has 0 radical (unpaired) electrons. The summed E-state index contributed by atoms with van der Waals surface area (Å²) in [5.74, 6) is 3.23. The maximum Gasteiger partial charge on any atom is 0.150 e. The first-order valence-electron chi connectivity index (χ1n) is 5.61. The molecule has 1 aliphatic rings. The highest BCUT2D eigenvalue weighted by Crippen LogP contribution is 2.37. The van der Waals surface area contributed by atoms with Crippen molar-refractivity contribution in [2.24, 2.45) is 5.92 Å². The highest BCUT2D eigenvalue weighted by atomic mass is 16.5. The van der Waals surface area contributed by atoms with Crippen molar-refractivity contribution in [3.8, 4) is 12.3 Å². The van der Waals surface area contributed by atoms with Gasteiger partial charge in [-0.1, -0.05) is 30.2 Å². The van der Waals surface area contributed by atoms with Crippen LogP contribution in [-0.2, 0) is 4.74 Å². The highest BCUT2D eigenvalue weighted by Gasteiger charge is 2.36. The summed E-state index contributed by atoms with van der Waals surface area (Å²) in [7, 11) is 0. The van der Waals surface area contributed by atoms with Crippen molar-refractivity contribution >= 4 is 0 Å². The molecule has 0 aromatic heterocycles. The molecule has 0 aromatic carbocycles. The predicted molar refractivity (Wildman–Crippen MR) is 69.0 cm³/mol. The fraction of sp³-hybridized carbons (Fsp3) is 0.467. The number of rotatable bonds is 4. The zero-order valence-corrected chi connectivity index (χ0v) is 10.3. The van der Waals surface area contributed by atoms with Gasteiger partial charge >= 0.3 is 0 Å². The van der Waals surface area contributed by atoms with Gasteiger partial charge in [-0.25, -0.2) is 0 Å². The van der Waals surface area contributed by atoms with Gasteiger partial charge in [0.15, 0.2) is 5.60 Å². The van der Waals surface area contributed by atoms with Crippen LogP contribution in [0.3, 0.4) is 0 Å². The van der Waals surface area contributed by atoms with Crippen molar-refractivity contribution in [2.45, 2.75) is 32.3 Å². The quantitative estimate of drug-likeness (QED) is 0.516. The maximum atomic E-state index is 5.80. The molecule has 1 heteroatoms. The topological polar surface area (TPSA) is 9.23 Å². The summed E-state index contributed by atoms with van der Waals surface area (Å²) in [6.07, 6.45) is 11.4. The van der Waals surface area contributed by atoms with E-state index in [1.807, 2.05) is 13.8 Å². The van der Waals surface area contributed by atoms with Crippen molar-refractivity contribution in [1.29, 1.82) is 0 Å². The Bertz CT molecular complexity index is 356. The summed E-state index contributed by atoms with van der Waals surface area (Å²) >= 11 is 0. The van der Waals surface area contributed by atoms with Gasteiger partial charge in [0.25, 0.3) is 0 Å². The standard InChI is InChI=1S/C15H20O/c1-6-10-16-15(7-2)11-14(12(3)4)9-8-13(15)5/h2,6,8,14H,1,3,9-11H2,4-5H3/t14-,15?/m1/s1. The average Bonchev–Trinajstić information content (AvgIpc) is 2.28. The number of terminal acetylenes is 1. The molecule has 0 aromatic rings. The van der Waals surface area contributed by atoms with Crippen molar-refractivity contribution in [1.82, 2.24) is 0 Å². The molecule has 0 bridgehead atoms. The lowest BCUT2D eigenvalue weighted by Gasteiger charge is -2.37. The molecule has 1 aliphatic carbocycles. The van der Waals surface area contributed by atoms with E-state index in [4.69, 9.17) is 11.2 Å². The first-order chi connectivity index (χ1) is 7.55. The van der Waals surface area contributed by atoms with Crippen LogP contribution < -0.4 is 0 Å². The van der Waals surface area contributed by atoms with Crippen LogP contribution in [0.5, 0.6) is 0 Å². The van der Waals surface area contributed by atoms with E-state index in [1.54, 1.807) is 6.08 Å². The Labute approximate surface area is 98.9 Å². The van der Waals surface area contributed by atoms with Gasteiger partial charge in [0, 0.05) is 0 Å². The Kier molecular flexibility index (Phi) is 4.15. The molecule has 0 saturated heterocycles. The molecule has 0 fully saturated rings. The first-order valence-corrected chi connectivity index (χ1v) is 5.61. The summed E-state index contributed by atoms with van der Waals surface area (Å²) in [6, 6.07) is 0. The summed E-state index contributed by atoms with van der Waals surface area (Å²) in [6.45, 7) is 12.2. The molecule has 0 aliphatic heterocycles. The molecule has 86 valence electrons. The number of allylic oxidation sites excluding steroid dienone is 2. The SMILES string of the molecule is C#CC1(OCC=C)C[C@H](C(=C)C)CC=C1C. The molecule has 2 atom stereocenters. The van der Waals surface area contributed by atoms with Crippen LogP contribution in [0.25, 0.3) is 0 Å². The summed E-state index contributed by atoms with van der Waals surface area (Å²) in [4.78, 5) is 0. The van der Waals surface area contributed by atoms with E-state index in [0.29, 0.717) is 12.5 Å². The minimum absolute atomic E-state index is 0.421. The molecule has 0 saturated carbocycles. The predicted octanol–water partition coefficient (Wildman–Crippen LogP) is 3.49. The lowest BCUT2D eigenvalue weighted by molar-refractivity contribution is 0.0251. The largest absolute Gasteiger partial charge is 0.354 e. The van der Waals surface area contributed by atoms with E-state index in [0.717, 1.165) is 18.4 Å². The smallest absolute Gasteiger partial charge is 0.150 e.